The third-order valence-electron chi connectivity index (χ3n) is 2.35. The summed E-state index contributed by atoms with van der Waals surface area (Å²) in [7, 11) is 0. The van der Waals surface area contributed by atoms with Gasteiger partial charge in [0.25, 0.3) is 0 Å². The minimum absolute atomic E-state index is 0.126. The van der Waals surface area contributed by atoms with Crippen LogP contribution in [0.15, 0.2) is 42.5 Å². The molecule has 0 spiro atoms. The van der Waals surface area contributed by atoms with Gasteiger partial charge in [0.05, 0.1) is 0 Å². The maximum Gasteiger partial charge on any atom is 0.0345 e. The summed E-state index contributed by atoms with van der Waals surface area (Å²) in [6, 6.07) is 14.8. The van der Waals surface area contributed by atoms with E-state index >= 15 is 0 Å². The van der Waals surface area contributed by atoms with Crippen molar-refractivity contribution in [3.63, 3.8) is 0 Å². The van der Waals surface area contributed by atoms with Crippen molar-refractivity contribution in [1.82, 2.24) is 0 Å². The monoisotopic (exact) mass is 231 g/mol. The van der Waals surface area contributed by atoms with Crippen LogP contribution in [0.2, 0.25) is 0 Å². The van der Waals surface area contributed by atoms with E-state index in [1.165, 1.54) is 15.3 Å². The number of rotatable bonds is 3. The molecule has 1 heterocycles. The topological polar surface area (TPSA) is 26.0 Å². The van der Waals surface area contributed by atoms with Crippen LogP contribution in [-0.2, 0) is 6.42 Å². The molecule has 2 heteroatoms. The standard InChI is InChI=1S/C14H17NS/c1-14(2,15)10-12-8-9-13(16-12)11-6-4-3-5-7-11/h3-9H,10,15H2,1-2H3. The zero-order valence-corrected chi connectivity index (χ0v) is 10.6. The summed E-state index contributed by atoms with van der Waals surface area (Å²) < 4.78 is 0. The highest BCUT2D eigenvalue weighted by Crippen LogP contribution is 2.29. The molecule has 0 aliphatic rings. The van der Waals surface area contributed by atoms with E-state index in [-0.39, 0.29) is 5.54 Å². The first-order valence-electron chi connectivity index (χ1n) is 5.48. The molecule has 0 saturated carbocycles. The Balaban J connectivity index is 2.21. The van der Waals surface area contributed by atoms with Crippen molar-refractivity contribution in [1.29, 1.82) is 0 Å². The highest BCUT2D eigenvalue weighted by atomic mass is 32.1. The molecule has 0 atom stereocenters. The number of hydrogen-bond acceptors (Lipinski definition) is 2. The number of benzene rings is 1. The van der Waals surface area contributed by atoms with E-state index in [1.807, 2.05) is 17.4 Å². The van der Waals surface area contributed by atoms with Gasteiger partial charge in [0.15, 0.2) is 0 Å². The average Bonchev–Trinajstić information content (AvgIpc) is 2.65. The van der Waals surface area contributed by atoms with Crippen LogP contribution >= 0.6 is 11.3 Å². The zero-order valence-electron chi connectivity index (χ0n) is 9.73. The van der Waals surface area contributed by atoms with Crippen molar-refractivity contribution in [2.45, 2.75) is 25.8 Å². The van der Waals surface area contributed by atoms with Crippen molar-refractivity contribution >= 4 is 11.3 Å². The van der Waals surface area contributed by atoms with Gasteiger partial charge in [0.2, 0.25) is 0 Å². The minimum Gasteiger partial charge on any atom is -0.325 e. The highest BCUT2D eigenvalue weighted by Gasteiger charge is 2.13. The lowest BCUT2D eigenvalue weighted by Crippen LogP contribution is -2.33. The molecule has 0 amide bonds. The van der Waals surface area contributed by atoms with Gasteiger partial charge in [0.1, 0.15) is 0 Å². The van der Waals surface area contributed by atoms with Gasteiger partial charge in [-0.3, -0.25) is 0 Å². The highest BCUT2D eigenvalue weighted by molar-refractivity contribution is 7.15. The lowest BCUT2D eigenvalue weighted by atomic mass is 10.0. The van der Waals surface area contributed by atoms with Gasteiger partial charge in [-0.1, -0.05) is 30.3 Å². The molecular formula is C14H17NS. The number of nitrogens with two attached hydrogens (primary N) is 1. The van der Waals surface area contributed by atoms with E-state index in [1.54, 1.807) is 0 Å². The van der Waals surface area contributed by atoms with Crippen LogP contribution in [-0.4, -0.2) is 5.54 Å². The van der Waals surface area contributed by atoms with E-state index in [0.717, 1.165) is 6.42 Å². The molecule has 0 saturated heterocycles. The Morgan fingerprint density at radius 3 is 2.38 bits per heavy atom. The molecule has 0 fully saturated rings. The van der Waals surface area contributed by atoms with Gasteiger partial charge in [-0.2, -0.15) is 0 Å². The van der Waals surface area contributed by atoms with E-state index in [0.29, 0.717) is 0 Å². The molecule has 0 aliphatic carbocycles. The Kier molecular flexibility index (Phi) is 3.13. The summed E-state index contributed by atoms with van der Waals surface area (Å²) in [5.41, 5.74) is 7.18. The fourth-order valence-corrected chi connectivity index (χ4v) is 2.93. The fraction of sp³-hybridized carbons (Fsp3) is 0.286. The largest absolute Gasteiger partial charge is 0.325 e. The van der Waals surface area contributed by atoms with Crippen LogP contribution in [0.5, 0.6) is 0 Å². The maximum atomic E-state index is 6.02. The van der Waals surface area contributed by atoms with Gasteiger partial charge in [0, 0.05) is 15.3 Å². The van der Waals surface area contributed by atoms with E-state index < -0.39 is 0 Å². The Labute approximate surface area is 101 Å². The molecule has 2 rings (SSSR count). The van der Waals surface area contributed by atoms with Crippen LogP contribution in [0.25, 0.3) is 10.4 Å². The number of hydrogen-bond donors (Lipinski definition) is 1. The van der Waals surface area contributed by atoms with Crippen molar-refractivity contribution < 1.29 is 0 Å². The van der Waals surface area contributed by atoms with Crippen LogP contribution < -0.4 is 5.73 Å². The first-order chi connectivity index (χ1) is 7.54. The molecule has 0 radical (unpaired) electrons. The van der Waals surface area contributed by atoms with Gasteiger partial charge in [-0.25, -0.2) is 0 Å². The summed E-state index contributed by atoms with van der Waals surface area (Å²) in [5.74, 6) is 0. The molecular weight excluding hydrogens is 214 g/mol. The smallest absolute Gasteiger partial charge is 0.0345 e. The Hall–Kier alpha value is -1.12. The van der Waals surface area contributed by atoms with E-state index in [2.05, 4.69) is 50.2 Å². The van der Waals surface area contributed by atoms with Crippen molar-refractivity contribution in [2.75, 3.05) is 0 Å². The maximum absolute atomic E-state index is 6.02. The molecule has 0 aliphatic heterocycles. The molecule has 16 heavy (non-hydrogen) atoms. The predicted molar refractivity (Wildman–Crippen MR) is 71.7 cm³/mol. The molecule has 0 bridgehead atoms. The summed E-state index contributed by atoms with van der Waals surface area (Å²) in [4.78, 5) is 2.67. The van der Waals surface area contributed by atoms with Gasteiger partial charge in [-0.15, -0.1) is 11.3 Å². The van der Waals surface area contributed by atoms with Crippen molar-refractivity contribution in [3.8, 4) is 10.4 Å². The van der Waals surface area contributed by atoms with E-state index in [4.69, 9.17) is 5.73 Å². The van der Waals surface area contributed by atoms with Gasteiger partial charge in [-0.05, 0) is 38.0 Å². The second kappa shape index (κ2) is 4.40. The second-order valence-corrected chi connectivity index (χ2v) is 5.97. The third kappa shape index (κ3) is 2.94. The molecule has 1 nitrogen and oxygen atoms in total. The third-order valence-corrected chi connectivity index (χ3v) is 3.48. The first-order valence-corrected chi connectivity index (χ1v) is 6.29. The van der Waals surface area contributed by atoms with Gasteiger partial charge < -0.3 is 5.73 Å². The zero-order chi connectivity index (χ0) is 11.6. The van der Waals surface area contributed by atoms with Crippen LogP contribution in [0.1, 0.15) is 18.7 Å². The summed E-state index contributed by atoms with van der Waals surface area (Å²) in [6.07, 6.45) is 0.935. The lowest BCUT2D eigenvalue weighted by molar-refractivity contribution is 0.521. The Morgan fingerprint density at radius 2 is 1.75 bits per heavy atom. The first kappa shape index (κ1) is 11.4. The minimum atomic E-state index is -0.126. The molecule has 84 valence electrons. The van der Waals surface area contributed by atoms with Gasteiger partial charge >= 0.3 is 0 Å². The molecule has 0 unspecified atom stereocenters. The second-order valence-electron chi connectivity index (χ2n) is 4.80. The summed E-state index contributed by atoms with van der Waals surface area (Å²) >= 11 is 1.83. The predicted octanol–water partition coefficient (Wildman–Crippen LogP) is 3.69. The van der Waals surface area contributed by atoms with Crippen LogP contribution in [0, 0.1) is 0 Å². The van der Waals surface area contributed by atoms with E-state index in [9.17, 15) is 0 Å². The Bertz CT molecular complexity index is 451. The Morgan fingerprint density at radius 1 is 1.06 bits per heavy atom. The SMILES string of the molecule is CC(C)(N)Cc1ccc(-c2ccccc2)s1. The fourth-order valence-electron chi connectivity index (χ4n) is 1.68. The van der Waals surface area contributed by atoms with Crippen LogP contribution in [0.3, 0.4) is 0 Å². The quantitative estimate of drug-likeness (QED) is 0.856. The summed E-state index contributed by atoms with van der Waals surface area (Å²) in [5, 5.41) is 0. The summed E-state index contributed by atoms with van der Waals surface area (Å²) in [6.45, 7) is 4.13. The molecule has 1 aromatic heterocycles. The molecule has 1 aromatic carbocycles. The van der Waals surface area contributed by atoms with Crippen LogP contribution in [0.4, 0.5) is 0 Å². The normalized spacial score (nSPS) is 11.7. The van der Waals surface area contributed by atoms with Crippen molar-refractivity contribution in [2.24, 2.45) is 5.73 Å². The van der Waals surface area contributed by atoms with Crippen molar-refractivity contribution in [3.05, 3.63) is 47.3 Å². The average molecular weight is 231 g/mol. The number of thiophene rings is 1. The molecule has 2 N–H and O–H groups in total. The lowest BCUT2D eigenvalue weighted by Gasteiger charge is -2.16. The molecule has 2 aromatic rings.